The minimum atomic E-state index is -2.60. The number of benzene rings is 1. The second kappa shape index (κ2) is 26.5. The average molecular weight is 1190 g/mol. The number of fused-ring (bicyclic) bond motifs is 5. The highest BCUT2D eigenvalue weighted by atomic mass is 28.4. The molecule has 1 aromatic rings. The van der Waals surface area contributed by atoms with E-state index in [9.17, 15) is 14.7 Å². The van der Waals surface area contributed by atoms with Gasteiger partial charge in [0.25, 0.3) is 0 Å². The second-order valence-corrected chi connectivity index (χ2v) is 43.8. The van der Waals surface area contributed by atoms with Crippen LogP contribution in [0.25, 0.3) is 0 Å². The van der Waals surface area contributed by atoms with E-state index in [0.717, 1.165) is 72.5 Å². The van der Waals surface area contributed by atoms with Gasteiger partial charge >= 0.3 is 17.9 Å². The van der Waals surface area contributed by atoms with Crippen LogP contribution in [-0.2, 0) is 60.5 Å². The molecule has 5 aliphatic rings. The maximum Gasteiger partial charge on any atom is 0.338 e. The number of hydrogen-bond acceptors (Lipinski definition) is 15. The topological polar surface area (TPSA) is 181 Å². The summed E-state index contributed by atoms with van der Waals surface area (Å²) in [5, 5.41) is 14.6. The Morgan fingerprint density at radius 1 is 0.688 bits per heavy atom. The number of carbonyl (C=O) groups excluding carboxylic acids is 4. The van der Waals surface area contributed by atoms with Crippen molar-refractivity contribution in [2.24, 2.45) is 16.7 Å². The third-order valence-corrected chi connectivity index (χ3v) is 40.0. The van der Waals surface area contributed by atoms with Crippen molar-refractivity contribution < 1.29 is 70.4 Å². The Kier molecular flexibility index (Phi) is 22.1. The van der Waals surface area contributed by atoms with Crippen molar-refractivity contribution in [1.29, 1.82) is 0 Å². The molecule has 19 heteroatoms. The molecule has 2 saturated carbocycles. The highest BCUT2D eigenvalue weighted by molar-refractivity contribution is 6.75. The standard InChI is InChI=1S/C61H104O15Si4/c1-19-77(20-2,21-3)68-39-47-52(76-80(28-10,29-11)30-12)45(74-78(22-4,23-5)24-6)36-50(71-47)70-46-38-61(66)56(72-57(65)44-34-32-31-33-35-44)54-59(18,55(64)53(69-42(14)62)51(41(46)13)58(61,16)17)48(75-79(25-7,26-8)27-9)37-49-60(54,40-67-49)73-43(15)63/h31-35,45-50,52-54,56,66H,19-30,36-40H2,1-18H3/t45-,46+,47-,48+,49-,50+,52-,53-,54+,56+,59-,60+,61-/m1/s1. The van der Waals surface area contributed by atoms with Gasteiger partial charge in [0.1, 0.15) is 23.9 Å². The van der Waals surface area contributed by atoms with Crippen LogP contribution in [0.3, 0.4) is 0 Å². The Morgan fingerprint density at radius 2 is 1.21 bits per heavy atom. The van der Waals surface area contributed by atoms with Crippen molar-refractivity contribution in [3.63, 3.8) is 0 Å². The monoisotopic (exact) mass is 1190 g/mol. The van der Waals surface area contributed by atoms with Gasteiger partial charge in [-0.05, 0) is 110 Å². The smallest absolute Gasteiger partial charge is 0.338 e. The molecule has 0 aromatic heterocycles. The van der Waals surface area contributed by atoms with Crippen LogP contribution in [0.2, 0.25) is 72.5 Å². The van der Waals surface area contributed by atoms with Crippen molar-refractivity contribution in [2.75, 3.05) is 13.2 Å². The fraction of sp³-hybridized carbons (Fsp3) is 0.803. The summed E-state index contributed by atoms with van der Waals surface area (Å²) in [4.78, 5) is 59.2. The normalized spacial score (nSPS) is 32.7. The summed E-state index contributed by atoms with van der Waals surface area (Å²) in [6.07, 6.45) is -7.94. The molecule has 2 heterocycles. The van der Waals surface area contributed by atoms with E-state index in [0.29, 0.717) is 17.6 Å². The molecule has 0 unspecified atom stereocenters. The zero-order chi connectivity index (χ0) is 59.4. The van der Waals surface area contributed by atoms with E-state index >= 15 is 9.59 Å². The molecular weight excluding hydrogens is 1080 g/mol. The first-order valence-electron chi connectivity index (χ1n) is 31.0. The third kappa shape index (κ3) is 12.2. The first kappa shape index (κ1) is 66.7. The van der Waals surface area contributed by atoms with E-state index in [1.165, 1.54) is 13.8 Å². The predicted molar refractivity (Wildman–Crippen MR) is 320 cm³/mol. The fourth-order valence-electron chi connectivity index (χ4n) is 15.0. The second-order valence-electron chi connectivity index (χ2n) is 24.8. The molecule has 0 spiro atoms. The van der Waals surface area contributed by atoms with Gasteiger partial charge < -0.3 is 51.2 Å². The summed E-state index contributed by atoms with van der Waals surface area (Å²) in [7, 11) is -9.40. The molecule has 6 rings (SSSR count). The fourth-order valence-corrected chi connectivity index (χ4v) is 26.3. The Morgan fingerprint density at radius 3 is 1.70 bits per heavy atom. The summed E-state index contributed by atoms with van der Waals surface area (Å²) in [5.41, 5.74) is -5.81. The van der Waals surface area contributed by atoms with Gasteiger partial charge in [-0.25, -0.2) is 4.79 Å². The lowest BCUT2D eigenvalue weighted by atomic mass is 9.44. The Hall–Kier alpha value is -2.41. The zero-order valence-corrected chi connectivity index (χ0v) is 56.3. The van der Waals surface area contributed by atoms with Crippen molar-refractivity contribution in [3.05, 3.63) is 47.0 Å². The molecule has 15 nitrogen and oxygen atoms in total. The lowest BCUT2D eigenvalue weighted by Gasteiger charge is -2.68. The van der Waals surface area contributed by atoms with E-state index in [4.69, 9.17) is 46.1 Å². The highest BCUT2D eigenvalue weighted by Gasteiger charge is 2.79. The molecule has 0 radical (unpaired) electrons. The molecule has 454 valence electrons. The minimum absolute atomic E-state index is 0.149. The van der Waals surface area contributed by atoms with E-state index in [1.54, 1.807) is 37.3 Å². The molecule has 80 heavy (non-hydrogen) atoms. The first-order valence-corrected chi connectivity index (χ1v) is 41.1. The maximum absolute atomic E-state index is 16.8. The van der Waals surface area contributed by atoms with Crippen molar-refractivity contribution >= 4 is 57.0 Å². The van der Waals surface area contributed by atoms with Gasteiger partial charge in [-0.2, -0.15) is 0 Å². The number of aliphatic hydroxyl groups is 1. The molecule has 3 aliphatic carbocycles. The maximum atomic E-state index is 16.8. The summed E-state index contributed by atoms with van der Waals surface area (Å²) in [5.74, 6) is -3.89. The van der Waals surface area contributed by atoms with E-state index in [2.05, 4.69) is 83.1 Å². The minimum Gasteiger partial charge on any atom is -0.455 e. The number of hydrogen-bond donors (Lipinski definition) is 1. The third-order valence-electron chi connectivity index (χ3n) is 21.4. The van der Waals surface area contributed by atoms with E-state index in [-0.39, 0.29) is 31.6 Å². The van der Waals surface area contributed by atoms with Gasteiger partial charge in [-0.15, -0.1) is 0 Å². The van der Waals surface area contributed by atoms with Gasteiger partial charge in [0.2, 0.25) is 0 Å². The zero-order valence-electron chi connectivity index (χ0n) is 52.3. The van der Waals surface area contributed by atoms with Gasteiger partial charge in [-0.1, -0.05) is 115 Å². The summed E-state index contributed by atoms with van der Waals surface area (Å²) in [6, 6.07) is 19.2. The molecule has 0 amide bonds. The average Bonchev–Trinajstić information content (AvgIpc) is 3.45. The number of Topliss-reactive ketones (excluding diaryl/α,β-unsaturated/α-hetero) is 1. The van der Waals surface area contributed by atoms with Crippen LogP contribution in [0.15, 0.2) is 41.5 Å². The van der Waals surface area contributed by atoms with E-state index < -0.39 is 140 Å². The van der Waals surface area contributed by atoms with Crippen molar-refractivity contribution in [3.8, 4) is 0 Å². The highest BCUT2D eigenvalue weighted by Crippen LogP contribution is 2.65. The van der Waals surface area contributed by atoms with Crippen molar-refractivity contribution in [1.82, 2.24) is 0 Å². The van der Waals surface area contributed by atoms with Crippen LogP contribution in [0.4, 0.5) is 0 Å². The first-order chi connectivity index (χ1) is 37.8. The number of carbonyl (C=O) groups is 4. The number of esters is 3. The lowest BCUT2D eigenvalue weighted by Crippen LogP contribution is -2.82. The largest absolute Gasteiger partial charge is 0.455 e. The molecule has 13 atom stereocenters. The Labute approximate surface area is 484 Å². The van der Waals surface area contributed by atoms with Gasteiger partial charge in [0.15, 0.2) is 57.0 Å². The molecule has 2 bridgehead atoms. The molecular formula is C61H104O15Si4. The summed E-state index contributed by atoms with van der Waals surface area (Å²) in [6.45, 7) is 36.4. The van der Waals surface area contributed by atoms with Crippen LogP contribution in [0, 0.1) is 16.7 Å². The molecule has 1 N–H and O–H groups in total. The molecule has 2 saturated heterocycles. The van der Waals surface area contributed by atoms with Gasteiger partial charge in [0, 0.05) is 38.5 Å². The summed E-state index contributed by atoms with van der Waals surface area (Å²) < 4.78 is 70.8. The van der Waals surface area contributed by atoms with Crippen LogP contribution >= 0.6 is 0 Å². The number of ether oxygens (including phenoxy) is 6. The van der Waals surface area contributed by atoms with E-state index in [1.807, 2.05) is 20.8 Å². The number of ketones is 1. The van der Waals surface area contributed by atoms with Crippen LogP contribution in [-0.4, -0.2) is 142 Å². The SMILES string of the molecule is CC[Si](CC)(CC)OC[C@H]1O[C@H](O[C@H]2C[C@@]3(O)[C@@H](OC(=O)c4ccccc4)[C@@H]4[C@]5(OC(C)=O)CO[C@@H]5C[C@H](O[Si](CC)(CC)CC)[C@@]4(C)C(=O)[C@H](OC(C)=O)C(=C2C)C3(C)C)C[C@@H](O[Si](CC)(CC)CC)[C@H]1O[Si](CC)(CC)CC. The summed E-state index contributed by atoms with van der Waals surface area (Å²) >= 11 is 0. The van der Waals surface area contributed by atoms with Crippen molar-refractivity contribution in [2.45, 2.75) is 283 Å². The van der Waals surface area contributed by atoms with Crippen LogP contribution in [0.1, 0.15) is 154 Å². The van der Waals surface area contributed by atoms with Gasteiger partial charge in [-0.3, -0.25) is 14.4 Å². The molecule has 2 aliphatic heterocycles. The predicted octanol–water partition coefficient (Wildman–Crippen LogP) is 12.6. The Bertz CT molecular complexity index is 2280. The van der Waals surface area contributed by atoms with Gasteiger partial charge in [0.05, 0.1) is 54.5 Å². The molecule has 4 fully saturated rings. The lowest BCUT2D eigenvalue weighted by molar-refractivity contribution is -0.346. The Balaban J connectivity index is 1.63. The quantitative estimate of drug-likeness (QED) is 0.0380. The molecule has 1 aromatic carbocycles. The van der Waals surface area contributed by atoms with Crippen LogP contribution in [0.5, 0.6) is 0 Å². The van der Waals surface area contributed by atoms with Crippen LogP contribution < -0.4 is 0 Å². The number of rotatable bonds is 27.